The zero-order valence-electron chi connectivity index (χ0n) is 9.33. The first-order valence-corrected chi connectivity index (χ1v) is 5.24. The van der Waals surface area contributed by atoms with E-state index in [1.807, 2.05) is 0 Å². The van der Waals surface area contributed by atoms with E-state index in [-0.39, 0.29) is 5.84 Å². The van der Waals surface area contributed by atoms with Gasteiger partial charge in [0, 0.05) is 24.8 Å². The third-order valence-corrected chi connectivity index (χ3v) is 2.31. The highest BCUT2D eigenvalue weighted by molar-refractivity contribution is 6.00. The van der Waals surface area contributed by atoms with Crippen LogP contribution in [0.1, 0.15) is 25.8 Å². The van der Waals surface area contributed by atoms with Crippen LogP contribution in [0.3, 0.4) is 0 Å². The molecule has 0 fully saturated rings. The summed E-state index contributed by atoms with van der Waals surface area (Å²) in [6, 6.07) is 1.79. The Kier molecular flexibility index (Phi) is 4.09. The molecule has 0 radical (unpaired) electrons. The fourth-order valence-electron chi connectivity index (χ4n) is 1.58. The largest absolute Gasteiger partial charge is 0.384 e. The zero-order valence-corrected chi connectivity index (χ0v) is 9.33. The SMILES string of the molecule is CCCN(CC)c1cnccc1C(=N)N. The predicted molar refractivity (Wildman–Crippen MR) is 63.4 cm³/mol. The number of anilines is 1. The quantitative estimate of drug-likeness (QED) is 0.568. The van der Waals surface area contributed by atoms with E-state index < -0.39 is 0 Å². The van der Waals surface area contributed by atoms with Gasteiger partial charge in [0.25, 0.3) is 0 Å². The van der Waals surface area contributed by atoms with Crippen molar-refractivity contribution in [2.75, 3.05) is 18.0 Å². The van der Waals surface area contributed by atoms with Crippen molar-refractivity contribution in [2.24, 2.45) is 5.73 Å². The number of nitrogen functional groups attached to an aromatic ring is 1. The molecule has 0 aliphatic carbocycles. The molecule has 1 aromatic heterocycles. The van der Waals surface area contributed by atoms with E-state index in [0.29, 0.717) is 0 Å². The fraction of sp³-hybridized carbons (Fsp3) is 0.455. The maximum absolute atomic E-state index is 7.50. The molecule has 0 saturated heterocycles. The Balaban J connectivity index is 3.04. The number of rotatable bonds is 5. The van der Waals surface area contributed by atoms with E-state index in [1.165, 1.54) is 0 Å². The van der Waals surface area contributed by atoms with Crippen molar-refractivity contribution in [3.8, 4) is 0 Å². The molecule has 0 aliphatic rings. The summed E-state index contributed by atoms with van der Waals surface area (Å²) in [7, 11) is 0. The lowest BCUT2D eigenvalue weighted by molar-refractivity contribution is 0.788. The van der Waals surface area contributed by atoms with Crippen LogP contribution in [-0.2, 0) is 0 Å². The topological polar surface area (TPSA) is 66.0 Å². The van der Waals surface area contributed by atoms with Crippen LogP contribution in [0.2, 0.25) is 0 Å². The van der Waals surface area contributed by atoms with Gasteiger partial charge in [-0.15, -0.1) is 0 Å². The highest BCUT2D eigenvalue weighted by Crippen LogP contribution is 2.18. The first kappa shape index (κ1) is 11.5. The van der Waals surface area contributed by atoms with Crippen molar-refractivity contribution in [3.05, 3.63) is 24.0 Å². The summed E-state index contributed by atoms with van der Waals surface area (Å²) in [6.07, 6.45) is 4.51. The Bertz CT molecular complexity index is 335. The van der Waals surface area contributed by atoms with E-state index in [0.717, 1.165) is 30.8 Å². The van der Waals surface area contributed by atoms with Gasteiger partial charge in [-0.25, -0.2) is 0 Å². The van der Waals surface area contributed by atoms with Gasteiger partial charge < -0.3 is 10.6 Å². The molecule has 1 heterocycles. The first-order chi connectivity index (χ1) is 7.20. The zero-order chi connectivity index (χ0) is 11.3. The lowest BCUT2D eigenvalue weighted by atomic mass is 10.2. The van der Waals surface area contributed by atoms with Crippen molar-refractivity contribution < 1.29 is 0 Å². The number of nitrogens with two attached hydrogens (primary N) is 1. The van der Waals surface area contributed by atoms with Gasteiger partial charge in [-0.05, 0) is 19.4 Å². The van der Waals surface area contributed by atoms with Crippen molar-refractivity contribution in [1.82, 2.24) is 4.98 Å². The van der Waals surface area contributed by atoms with Crippen molar-refractivity contribution in [2.45, 2.75) is 20.3 Å². The Hall–Kier alpha value is -1.58. The predicted octanol–water partition coefficient (Wildman–Crippen LogP) is 1.60. The third kappa shape index (κ3) is 2.68. The molecule has 15 heavy (non-hydrogen) atoms. The average Bonchev–Trinajstić information content (AvgIpc) is 2.26. The summed E-state index contributed by atoms with van der Waals surface area (Å²) < 4.78 is 0. The summed E-state index contributed by atoms with van der Waals surface area (Å²) >= 11 is 0. The highest BCUT2D eigenvalue weighted by atomic mass is 15.1. The second kappa shape index (κ2) is 5.34. The van der Waals surface area contributed by atoms with Gasteiger partial charge >= 0.3 is 0 Å². The van der Waals surface area contributed by atoms with Gasteiger partial charge in [-0.1, -0.05) is 6.92 Å². The van der Waals surface area contributed by atoms with Crippen LogP contribution in [0.15, 0.2) is 18.5 Å². The Morgan fingerprint density at radius 2 is 2.27 bits per heavy atom. The van der Waals surface area contributed by atoms with Crippen LogP contribution < -0.4 is 10.6 Å². The number of nitrogens with one attached hydrogen (secondary N) is 1. The molecule has 0 amide bonds. The lowest BCUT2D eigenvalue weighted by Gasteiger charge is -2.24. The van der Waals surface area contributed by atoms with Gasteiger partial charge in [0.1, 0.15) is 5.84 Å². The molecule has 0 aromatic carbocycles. The maximum Gasteiger partial charge on any atom is 0.125 e. The molecular formula is C11H18N4. The van der Waals surface area contributed by atoms with Crippen LogP contribution in [0.5, 0.6) is 0 Å². The number of hydrogen-bond acceptors (Lipinski definition) is 3. The smallest absolute Gasteiger partial charge is 0.125 e. The van der Waals surface area contributed by atoms with Gasteiger partial charge in [-0.3, -0.25) is 10.4 Å². The molecule has 0 spiro atoms. The fourth-order valence-corrected chi connectivity index (χ4v) is 1.58. The summed E-state index contributed by atoms with van der Waals surface area (Å²) in [5.41, 5.74) is 7.25. The molecule has 0 atom stereocenters. The molecule has 3 N–H and O–H groups in total. The minimum Gasteiger partial charge on any atom is -0.384 e. The molecule has 1 rings (SSSR count). The maximum atomic E-state index is 7.50. The second-order valence-corrected chi connectivity index (χ2v) is 3.39. The third-order valence-electron chi connectivity index (χ3n) is 2.31. The number of nitrogens with zero attached hydrogens (tertiary/aromatic N) is 2. The highest BCUT2D eigenvalue weighted by Gasteiger charge is 2.10. The van der Waals surface area contributed by atoms with Gasteiger partial charge in [0.05, 0.1) is 11.9 Å². The molecule has 1 aromatic rings. The second-order valence-electron chi connectivity index (χ2n) is 3.39. The molecule has 0 saturated carbocycles. The van der Waals surface area contributed by atoms with Crippen LogP contribution in [0, 0.1) is 5.41 Å². The minimum atomic E-state index is 0.0990. The normalized spacial score (nSPS) is 10.0. The molecule has 0 aliphatic heterocycles. The average molecular weight is 206 g/mol. The summed E-state index contributed by atoms with van der Waals surface area (Å²) in [4.78, 5) is 6.27. The Morgan fingerprint density at radius 1 is 1.53 bits per heavy atom. The molecule has 0 bridgehead atoms. The van der Waals surface area contributed by atoms with E-state index in [1.54, 1.807) is 18.5 Å². The monoisotopic (exact) mass is 206 g/mol. The lowest BCUT2D eigenvalue weighted by Crippen LogP contribution is -2.27. The number of hydrogen-bond donors (Lipinski definition) is 2. The molecule has 4 nitrogen and oxygen atoms in total. The van der Waals surface area contributed by atoms with Crippen LogP contribution in [-0.4, -0.2) is 23.9 Å². The van der Waals surface area contributed by atoms with E-state index in [4.69, 9.17) is 11.1 Å². The molecule has 4 heteroatoms. The molecular weight excluding hydrogens is 188 g/mol. The van der Waals surface area contributed by atoms with Crippen LogP contribution in [0.4, 0.5) is 5.69 Å². The van der Waals surface area contributed by atoms with E-state index in [9.17, 15) is 0 Å². The van der Waals surface area contributed by atoms with Crippen molar-refractivity contribution >= 4 is 11.5 Å². The van der Waals surface area contributed by atoms with Crippen molar-refractivity contribution in [1.29, 1.82) is 5.41 Å². The van der Waals surface area contributed by atoms with Gasteiger partial charge in [-0.2, -0.15) is 0 Å². The molecule has 82 valence electrons. The standard InChI is InChI=1S/C11H18N4/c1-3-7-15(4-2)10-8-14-6-5-9(10)11(12)13/h5-6,8H,3-4,7H2,1-2H3,(H3,12,13). The van der Waals surface area contributed by atoms with Crippen LogP contribution in [0.25, 0.3) is 0 Å². The molecule has 0 unspecified atom stereocenters. The van der Waals surface area contributed by atoms with Crippen molar-refractivity contribution in [3.63, 3.8) is 0 Å². The minimum absolute atomic E-state index is 0.0990. The van der Waals surface area contributed by atoms with Crippen LogP contribution >= 0.6 is 0 Å². The number of aromatic nitrogens is 1. The Labute approximate surface area is 90.6 Å². The number of pyridine rings is 1. The number of amidine groups is 1. The van der Waals surface area contributed by atoms with E-state index >= 15 is 0 Å². The Morgan fingerprint density at radius 3 is 2.80 bits per heavy atom. The van der Waals surface area contributed by atoms with Gasteiger partial charge in [0.2, 0.25) is 0 Å². The summed E-state index contributed by atoms with van der Waals surface area (Å²) in [5.74, 6) is 0.0990. The summed E-state index contributed by atoms with van der Waals surface area (Å²) in [6.45, 7) is 6.08. The summed E-state index contributed by atoms with van der Waals surface area (Å²) in [5, 5.41) is 7.50. The van der Waals surface area contributed by atoms with Gasteiger partial charge in [0.15, 0.2) is 0 Å². The first-order valence-electron chi connectivity index (χ1n) is 5.24. The van der Waals surface area contributed by atoms with E-state index in [2.05, 4.69) is 23.7 Å².